The molecule has 2 aromatic rings. The zero-order valence-corrected chi connectivity index (χ0v) is 14.4. The molecule has 1 aromatic carbocycles. The van der Waals surface area contributed by atoms with Crippen LogP contribution in [0.15, 0.2) is 48.7 Å². The van der Waals surface area contributed by atoms with Crippen LogP contribution in [0, 0.1) is 0 Å². The largest absolute Gasteiger partial charge is 0.335 e. The highest BCUT2D eigenvalue weighted by Crippen LogP contribution is 2.24. The monoisotopic (exact) mass is 343 g/mol. The molecule has 5 heteroatoms. The SMILES string of the molecule is O=C1CC[C@@H](CCNCc2ccccn2)N1Cc1cccc(Cl)c1. The van der Waals surface area contributed by atoms with Gasteiger partial charge < -0.3 is 10.2 Å². The number of rotatable bonds is 7. The summed E-state index contributed by atoms with van der Waals surface area (Å²) >= 11 is 6.04. The fourth-order valence-electron chi connectivity index (χ4n) is 3.13. The van der Waals surface area contributed by atoms with Crippen LogP contribution in [0.25, 0.3) is 0 Å². The molecule has 0 radical (unpaired) electrons. The Morgan fingerprint density at radius 3 is 2.96 bits per heavy atom. The summed E-state index contributed by atoms with van der Waals surface area (Å²) in [5.74, 6) is 0.240. The van der Waals surface area contributed by atoms with Crippen LogP contribution in [0.3, 0.4) is 0 Å². The van der Waals surface area contributed by atoms with Crippen molar-refractivity contribution in [2.75, 3.05) is 6.54 Å². The molecule has 1 fully saturated rings. The minimum Gasteiger partial charge on any atom is -0.335 e. The van der Waals surface area contributed by atoms with Crippen molar-refractivity contribution in [2.24, 2.45) is 0 Å². The molecular formula is C19H22ClN3O. The first kappa shape index (κ1) is 16.9. The van der Waals surface area contributed by atoms with Crippen LogP contribution in [0.4, 0.5) is 0 Å². The maximum absolute atomic E-state index is 12.2. The average Bonchev–Trinajstić information content (AvgIpc) is 2.93. The van der Waals surface area contributed by atoms with Gasteiger partial charge in [-0.1, -0.05) is 29.8 Å². The summed E-state index contributed by atoms with van der Waals surface area (Å²) in [4.78, 5) is 18.5. The minimum absolute atomic E-state index is 0.240. The van der Waals surface area contributed by atoms with E-state index in [1.165, 1.54) is 0 Å². The zero-order chi connectivity index (χ0) is 16.8. The fraction of sp³-hybridized carbons (Fsp3) is 0.368. The molecule has 0 aliphatic carbocycles. The Labute approximate surface area is 147 Å². The molecule has 1 saturated heterocycles. The van der Waals surface area contributed by atoms with Crippen molar-refractivity contribution in [3.8, 4) is 0 Å². The number of hydrogen-bond acceptors (Lipinski definition) is 3. The van der Waals surface area contributed by atoms with E-state index >= 15 is 0 Å². The van der Waals surface area contributed by atoms with Crippen LogP contribution >= 0.6 is 11.6 Å². The lowest BCUT2D eigenvalue weighted by molar-refractivity contribution is -0.129. The van der Waals surface area contributed by atoms with Gasteiger partial charge in [0.1, 0.15) is 0 Å². The Hall–Kier alpha value is -1.91. The predicted molar refractivity (Wildman–Crippen MR) is 95.6 cm³/mol. The van der Waals surface area contributed by atoms with Gasteiger partial charge in [-0.3, -0.25) is 9.78 Å². The van der Waals surface area contributed by atoms with Crippen molar-refractivity contribution in [1.29, 1.82) is 0 Å². The number of carbonyl (C=O) groups is 1. The maximum Gasteiger partial charge on any atom is 0.223 e. The first-order chi connectivity index (χ1) is 11.7. The summed E-state index contributed by atoms with van der Waals surface area (Å²) in [6.45, 7) is 2.28. The quantitative estimate of drug-likeness (QED) is 0.784. The van der Waals surface area contributed by atoms with Crippen molar-refractivity contribution in [2.45, 2.75) is 38.4 Å². The van der Waals surface area contributed by atoms with Crippen molar-refractivity contribution in [3.63, 3.8) is 0 Å². The number of aromatic nitrogens is 1. The molecule has 4 nitrogen and oxygen atoms in total. The Kier molecular flexibility index (Phi) is 5.83. The molecular weight excluding hydrogens is 322 g/mol. The summed E-state index contributed by atoms with van der Waals surface area (Å²) < 4.78 is 0. The number of hydrogen-bond donors (Lipinski definition) is 1. The molecule has 1 aromatic heterocycles. The highest BCUT2D eigenvalue weighted by molar-refractivity contribution is 6.30. The number of likely N-dealkylation sites (tertiary alicyclic amines) is 1. The van der Waals surface area contributed by atoms with E-state index in [1.807, 2.05) is 47.4 Å². The van der Waals surface area contributed by atoms with E-state index in [2.05, 4.69) is 10.3 Å². The molecule has 1 aliphatic heterocycles. The lowest BCUT2D eigenvalue weighted by Crippen LogP contribution is -2.34. The summed E-state index contributed by atoms with van der Waals surface area (Å²) in [5, 5.41) is 4.13. The standard InChI is InChI=1S/C19H22ClN3O/c20-16-5-3-4-15(12-16)14-23-18(7-8-19(23)24)9-11-21-13-17-6-1-2-10-22-17/h1-6,10,12,18,21H,7-9,11,13-14H2/t18-/m0/s1. The molecule has 1 atom stereocenters. The van der Waals surface area contributed by atoms with Crippen molar-refractivity contribution < 1.29 is 4.79 Å². The number of amides is 1. The van der Waals surface area contributed by atoms with Crippen LogP contribution in [0.1, 0.15) is 30.5 Å². The highest BCUT2D eigenvalue weighted by Gasteiger charge is 2.30. The Balaban J connectivity index is 1.50. The Morgan fingerprint density at radius 2 is 2.17 bits per heavy atom. The molecule has 3 rings (SSSR count). The molecule has 0 bridgehead atoms. The number of pyridine rings is 1. The molecule has 1 N–H and O–H groups in total. The van der Waals surface area contributed by atoms with E-state index < -0.39 is 0 Å². The van der Waals surface area contributed by atoms with Crippen LogP contribution in [-0.4, -0.2) is 28.4 Å². The molecule has 1 aliphatic rings. The predicted octanol–water partition coefficient (Wildman–Crippen LogP) is 3.41. The van der Waals surface area contributed by atoms with E-state index in [9.17, 15) is 4.79 Å². The smallest absolute Gasteiger partial charge is 0.223 e. The van der Waals surface area contributed by atoms with Crippen LogP contribution in [-0.2, 0) is 17.9 Å². The van der Waals surface area contributed by atoms with Gasteiger partial charge >= 0.3 is 0 Å². The molecule has 0 saturated carbocycles. The molecule has 0 spiro atoms. The lowest BCUT2D eigenvalue weighted by Gasteiger charge is -2.25. The second kappa shape index (κ2) is 8.27. The van der Waals surface area contributed by atoms with E-state index in [-0.39, 0.29) is 5.91 Å². The summed E-state index contributed by atoms with van der Waals surface area (Å²) in [5.41, 5.74) is 2.12. The van der Waals surface area contributed by atoms with Gasteiger partial charge in [-0.05, 0) is 49.2 Å². The number of benzene rings is 1. The average molecular weight is 344 g/mol. The topological polar surface area (TPSA) is 45.2 Å². The summed E-state index contributed by atoms with van der Waals surface area (Å²) in [6.07, 6.45) is 4.34. The number of halogens is 1. The van der Waals surface area contributed by atoms with Crippen molar-refractivity contribution in [1.82, 2.24) is 15.2 Å². The van der Waals surface area contributed by atoms with E-state index in [0.29, 0.717) is 24.0 Å². The third kappa shape index (κ3) is 4.56. The second-order valence-corrected chi connectivity index (χ2v) is 6.57. The molecule has 0 unspecified atom stereocenters. The van der Waals surface area contributed by atoms with Gasteiger partial charge in [0.05, 0.1) is 5.69 Å². The van der Waals surface area contributed by atoms with Gasteiger partial charge in [0.25, 0.3) is 0 Å². The fourth-order valence-corrected chi connectivity index (χ4v) is 3.34. The van der Waals surface area contributed by atoms with Gasteiger partial charge in [-0.15, -0.1) is 0 Å². The van der Waals surface area contributed by atoms with Gasteiger partial charge in [-0.25, -0.2) is 0 Å². The van der Waals surface area contributed by atoms with Gasteiger partial charge in [0, 0.05) is 36.8 Å². The van der Waals surface area contributed by atoms with Crippen LogP contribution in [0.5, 0.6) is 0 Å². The summed E-state index contributed by atoms with van der Waals surface area (Å²) in [6, 6.07) is 14.0. The third-order valence-electron chi connectivity index (χ3n) is 4.38. The zero-order valence-electron chi connectivity index (χ0n) is 13.6. The Morgan fingerprint density at radius 1 is 1.25 bits per heavy atom. The molecule has 126 valence electrons. The Bertz CT molecular complexity index is 677. The van der Waals surface area contributed by atoms with E-state index in [1.54, 1.807) is 6.20 Å². The van der Waals surface area contributed by atoms with Gasteiger partial charge in [0.2, 0.25) is 5.91 Å². The molecule has 1 amide bonds. The molecule has 2 heterocycles. The van der Waals surface area contributed by atoms with Crippen molar-refractivity contribution >= 4 is 17.5 Å². The first-order valence-electron chi connectivity index (χ1n) is 8.37. The summed E-state index contributed by atoms with van der Waals surface area (Å²) in [7, 11) is 0. The highest BCUT2D eigenvalue weighted by atomic mass is 35.5. The maximum atomic E-state index is 12.2. The molecule has 24 heavy (non-hydrogen) atoms. The lowest BCUT2D eigenvalue weighted by atomic mass is 10.1. The van der Waals surface area contributed by atoms with Gasteiger partial charge in [0.15, 0.2) is 0 Å². The van der Waals surface area contributed by atoms with Crippen LogP contribution < -0.4 is 5.32 Å². The minimum atomic E-state index is 0.240. The third-order valence-corrected chi connectivity index (χ3v) is 4.62. The normalized spacial score (nSPS) is 17.5. The van der Waals surface area contributed by atoms with E-state index in [4.69, 9.17) is 11.6 Å². The van der Waals surface area contributed by atoms with Crippen molar-refractivity contribution in [3.05, 3.63) is 64.9 Å². The second-order valence-electron chi connectivity index (χ2n) is 6.13. The number of nitrogens with one attached hydrogen (secondary N) is 1. The number of carbonyl (C=O) groups excluding carboxylic acids is 1. The first-order valence-corrected chi connectivity index (χ1v) is 8.75. The van der Waals surface area contributed by atoms with E-state index in [0.717, 1.165) is 37.2 Å². The van der Waals surface area contributed by atoms with Crippen LogP contribution in [0.2, 0.25) is 5.02 Å². The van der Waals surface area contributed by atoms with Gasteiger partial charge in [-0.2, -0.15) is 0 Å². The number of nitrogens with zero attached hydrogens (tertiary/aromatic N) is 2.